The Morgan fingerprint density at radius 3 is 2.56 bits per heavy atom. The van der Waals surface area contributed by atoms with Gasteiger partial charge in [0.25, 0.3) is 5.52 Å². The number of hydrogen-bond acceptors (Lipinski definition) is 7. The molecule has 1 aliphatic carbocycles. The minimum atomic E-state index is -0.352. The van der Waals surface area contributed by atoms with Crippen molar-refractivity contribution in [2.75, 3.05) is 24.7 Å². The van der Waals surface area contributed by atoms with Crippen molar-refractivity contribution >= 4 is 28.6 Å². The van der Waals surface area contributed by atoms with Gasteiger partial charge in [-0.15, -0.1) is 0 Å². The van der Waals surface area contributed by atoms with Crippen molar-refractivity contribution in [1.82, 2.24) is 0 Å². The number of para-hydroxylation sites is 4. The third-order valence-corrected chi connectivity index (χ3v) is 5.46. The molecule has 5 rings (SSSR count). The van der Waals surface area contributed by atoms with E-state index in [0.29, 0.717) is 23.1 Å². The highest BCUT2D eigenvalue weighted by Crippen LogP contribution is 2.40. The molecule has 0 bridgehead atoms. The summed E-state index contributed by atoms with van der Waals surface area (Å²) in [6, 6.07) is 14.7. The molecule has 0 saturated carbocycles. The molecule has 2 aromatic carbocycles. The first-order chi connectivity index (χ1) is 15.6. The van der Waals surface area contributed by atoms with Gasteiger partial charge in [0.15, 0.2) is 12.3 Å². The van der Waals surface area contributed by atoms with Crippen LogP contribution in [0.15, 0.2) is 81.8 Å². The number of aromatic nitrogens is 1. The van der Waals surface area contributed by atoms with Gasteiger partial charge in [-0.05, 0) is 18.2 Å². The zero-order valence-corrected chi connectivity index (χ0v) is 17.1. The highest BCUT2D eigenvalue weighted by molar-refractivity contribution is 6.23. The first kappa shape index (κ1) is 20.0. The summed E-state index contributed by atoms with van der Waals surface area (Å²) in [5.41, 5.74) is 2.41. The van der Waals surface area contributed by atoms with E-state index < -0.39 is 0 Å². The fourth-order valence-corrected chi connectivity index (χ4v) is 3.94. The Hall–Kier alpha value is -3.88. The highest BCUT2D eigenvalue weighted by Gasteiger charge is 2.37. The Bertz CT molecular complexity index is 1320. The van der Waals surface area contributed by atoms with Crippen LogP contribution >= 0.6 is 0 Å². The van der Waals surface area contributed by atoms with Crippen LogP contribution < -0.4 is 14.2 Å². The van der Waals surface area contributed by atoms with Crippen LogP contribution in [0.25, 0.3) is 17.2 Å². The molecule has 0 fully saturated rings. The number of hydrogen-bond donors (Lipinski definition) is 3. The fourth-order valence-electron chi connectivity index (χ4n) is 3.94. The van der Waals surface area contributed by atoms with E-state index in [4.69, 9.17) is 9.15 Å². The number of rotatable bonds is 6. The van der Waals surface area contributed by atoms with E-state index >= 15 is 0 Å². The standard InChI is InChI=1S/C24H20N2O6/c27-11-9-25-17-5-1-3-7-19(17)31-21(25)13-15-23(29)16(24(15)30)14-22-26(10-12-28)18-6-2-4-8-20(18)32-22/h1-8,13-14,27-28H,9-12H2/p+1. The molecule has 1 aliphatic heterocycles. The van der Waals surface area contributed by atoms with Crippen LogP contribution in [0.1, 0.15) is 5.89 Å². The summed E-state index contributed by atoms with van der Waals surface area (Å²) < 4.78 is 13.4. The van der Waals surface area contributed by atoms with E-state index in [1.165, 1.54) is 12.2 Å². The number of carbonyl (C=O) groups is 1. The highest BCUT2D eigenvalue weighted by atomic mass is 16.5. The van der Waals surface area contributed by atoms with E-state index in [2.05, 4.69) is 0 Å². The number of fused-ring (bicyclic) bond motifs is 2. The van der Waals surface area contributed by atoms with Crippen molar-refractivity contribution in [2.24, 2.45) is 0 Å². The van der Waals surface area contributed by atoms with Gasteiger partial charge in [-0.1, -0.05) is 24.3 Å². The topological polar surface area (TPSA) is 107 Å². The van der Waals surface area contributed by atoms with Crippen molar-refractivity contribution in [2.45, 2.75) is 6.54 Å². The molecule has 3 aromatic rings. The number of aliphatic hydroxyl groups excluding tert-OH is 3. The number of anilines is 1. The summed E-state index contributed by atoms with van der Waals surface area (Å²) in [4.78, 5) is 14.6. The second kappa shape index (κ2) is 7.99. The molecular weight excluding hydrogens is 412 g/mol. The van der Waals surface area contributed by atoms with Gasteiger partial charge in [-0.3, -0.25) is 4.79 Å². The molecule has 2 heterocycles. The normalized spacial score (nSPS) is 17.9. The van der Waals surface area contributed by atoms with Crippen molar-refractivity contribution in [3.05, 3.63) is 83.3 Å². The Morgan fingerprint density at radius 2 is 1.78 bits per heavy atom. The summed E-state index contributed by atoms with van der Waals surface area (Å²) in [7, 11) is 0. The van der Waals surface area contributed by atoms with E-state index in [0.717, 1.165) is 11.2 Å². The predicted octanol–water partition coefficient (Wildman–Crippen LogP) is 2.22. The van der Waals surface area contributed by atoms with Crippen LogP contribution in [0, 0.1) is 0 Å². The number of carbonyl (C=O) groups excluding carboxylic acids is 1. The van der Waals surface area contributed by atoms with Gasteiger partial charge in [0.05, 0.1) is 29.5 Å². The summed E-state index contributed by atoms with van der Waals surface area (Å²) in [5, 5.41) is 29.5. The first-order valence-electron chi connectivity index (χ1n) is 10.2. The number of benzene rings is 2. The monoisotopic (exact) mass is 433 g/mol. The Balaban J connectivity index is 1.51. The van der Waals surface area contributed by atoms with Gasteiger partial charge >= 0.3 is 5.89 Å². The molecule has 162 valence electrons. The Kier molecular flexibility index (Phi) is 5.01. The minimum Gasteiger partial charge on any atom is -0.506 e. The minimum absolute atomic E-state index is 0.101. The average molecular weight is 433 g/mol. The molecule has 0 radical (unpaired) electrons. The largest absolute Gasteiger partial charge is 0.506 e. The van der Waals surface area contributed by atoms with Gasteiger partial charge in [0, 0.05) is 18.7 Å². The van der Waals surface area contributed by atoms with Crippen molar-refractivity contribution in [3.8, 4) is 5.75 Å². The molecule has 0 saturated heterocycles. The molecule has 0 atom stereocenters. The lowest BCUT2D eigenvalue weighted by Gasteiger charge is -2.21. The van der Waals surface area contributed by atoms with E-state index in [9.17, 15) is 20.1 Å². The summed E-state index contributed by atoms with van der Waals surface area (Å²) in [5.74, 6) is 0.806. The number of allylic oxidation sites excluding steroid dienone is 3. The number of ether oxygens (including phenoxy) is 1. The van der Waals surface area contributed by atoms with Crippen LogP contribution in [-0.4, -0.2) is 40.9 Å². The second-order valence-electron chi connectivity index (χ2n) is 7.36. The molecule has 2 aliphatic rings. The Labute approximate surface area is 183 Å². The fraction of sp³-hybridized carbons (Fsp3) is 0.167. The summed E-state index contributed by atoms with van der Waals surface area (Å²) in [6.45, 7) is 0.369. The summed E-state index contributed by atoms with van der Waals surface area (Å²) >= 11 is 0. The van der Waals surface area contributed by atoms with Crippen LogP contribution in [0.3, 0.4) is 0 Å². The maximum atomic E-state index is 12.8. The third-order valence-electron chi connectivity index (χ3n) is 5.46. The third kappa shape index (κ3) is 3.17. The molecule has 32 heavy (non-hydrogen) atoms. The molecule has 8 heteroatoms. The Morgan fingerprint density at radius 1 is 1.00 bits per heavy atom. The van der Waals surface area contributed by atoms with Gasteiger partial charge in [0.1, 0.15) is 12.4 Å². The number of ketones is 1. The molecule has 0 spiro atoms. The van der Waals surface area contributed by atoms with Crippen molar-refractivity contribution in [3.63, 3.8) is 0 Å². The molecule has 0 amide bonds. The number of nitrogens with zero attached hydrogens (tertiary/aromatic N) is 2. The van der Waals surface area contributed by atoms with Crippen LogP contribution in [0.5, 0.6) is 5.75 Å². The number of β-amino-alcohol motifs (C(OH)–C–C–N with tert-alkyl or cyclic N) is 1. The van der Waals surface area contributed by atoms with Gasteiger partial charge in [-0.2, -0.15) is 4.57 Å². The maximum Gasteiger partial charge on any atom is 0.375 e. The predicted molar refractivity (Wildman–Crippen MR) is 116 cm³/mol. The van der Waals surface area contributed by atoms with Crippen LogP contribution in [0.2, 0.25) is 0 Å². The van der Waals surface area contributed by atoms with E-state index in [1.54, 1.807) is 21.6 Å². The molecule has 0 unspecified atom stereocenters. The zero-order chi connectivity index (χ0) is 22.2. The second-order valence-corrected chi connectivity index (χ2v) is 7.36. The van der Waals surface area contributed by atoms with E-state index in [-0.39, 0.29) is 49.0 Å². The molecule has 3 N–H and O–H groups in total. The summed E-state index contributed by atoms with van der Waals surface area (Å²) in [6.07, 6.45) is 2.95. The lowest BCUT2D eigenvalue weighted by Crippen LogP contribution is -2.37. The van der Waals surface area contributed by atoms with Gasteiger partial charge in [-0.25, -0.2) is 0 Å². The molecule has 8 nitrogen and oxygen atoms in total. The SMILES string of the molecule is O=C1C(=Cc2oc3ccccc3[n+]2CCO)C(O)=C1C=C1Oc2ccccc2N1CCO. The van der Waals surface area contributed by atoms with Crippen molar-refractivity contribution in [1.29, 1.82) is 0 Å². The van der Waals surface area contributed by atoms with E-state index in [1.807, 2.05) is 36.4 Å². The molecule has 1 aromatic heterocycles. The lowest BCUT2D eigenvalue weighted by molar-refractivity contribution is -0.679. The number of Topliss-reactive ketones (excluding diaryl/α,β-unsaturated/α-hetero) is 1. The van der Waals surface area contributed by atoms with Crippen LogP contribution in [-0.2, 0) is 11.3 Å². The molecular formula is C24H21N2O6+. The van der Waals surface area contributed by atoms with Crippen LogP contribution in [0.4, 0.5) is 5.69 Å². The maximum absolute atomic E-state index is 12.8. The lowest BCUT2D eigenvalue weighted by atomic mass is 9.87. The first-order valence-corrected chi connectivity index (χ1v) is 10.2. The number of aliphatic hydroxyl groups is 3. The van der Waals surface area contributed by atoms with Crippen molar-refractivity contribution < 1.29 is 33.8 Å². The smallest absolute Gasteiger partial charge is 0.375 e. The van der Waals surface area contributed by atoms with Gasteiger partial charge in [0.2, 0.25) is 17.2 Å². The quantitative estimate of drug-likeness (QED) is 0.404. The number of oxazole rings is 1. The zero-order valence-electron chi connectivity index (χ0n) is 17.1. The van der Waals surface area contributed by atoms with Gasteiger partial charge < -0.3 is 29.4 Å². The average Bonchev–Trinajstić information content (AvgIpc) is 3.34.